The molecule has 0 aromatic heterocycles. The van der Waals surface area contributed by atoms with Crippen molar-refractivity contribution < 1.29 is 133 Å². The highest BCUT2D eigenvalue weighted by atomic mass is 16.8. The molecule has 27 nitrogen and oxygen atoms in total. The van der Waals surface area contributed by atoms with Gasteiger partial charge in [-0.25, -0.2) is 14.4 Å². The summed E-state index contributed by atoms with van der Waals surface area (Å²) in [7, 11) is 0. The van der Waals surface area contributed by atoms with Gasteiger partial charge in [-0.05, 0) is 132 Å². The van der Waals surface area contributed by atoms with Gasteiger partial charge in [0.2, 0.25) is 0 Å². The zero-order chi connectivity index (χ0) is 68.2. The van der Waals surface area contributed by atoms with Crippen molar-refractivity contribution in [2.24, 2.45) is 50.7 Å². The number of esters is 3. The maximum absolute atomic E-state index is 13.4. The second kappa shape index (κ2) is 28.8. The Balaban J connectivity index is 1.09. The number of carboxylic acid groups (broad SMARTS) is 1. The Bertz CT molecular complexity index is 2700. The third kappa shape index (κ3) is 13.2. The lowest BCUT2D eigenvalue weighted by Gasteiger charge is -2.72. The zero-order valence-corrected chi connectivity index (χ0v) is 55.0. The van der Waals surface area contributed by atoms with Gasteiger partial charge in [-0.2, -0.15) is 0 Å². The number of ether oxygens (including phenoxy) is 11. The lowest BCUT2D eigenvalue weighted by Crippen LogP contribution is -2.72. The van der Waals surface area contributed by atoms with Crippen LogP contribution in [0.5, 0.6) is 0 Å². The number of aliphatic hydroxyl groups excluding tert-OH is 11. The maximum Gasteiger partial charge on any atom is 0.335 e. The van der Waals surface area contributed by atoms with Crippen molar-refractivity contribution in [3.63, 3.8) is 0 Å². The lowest BCUT2D eigenvalue weighted by atomic mass is 9.33. The standard InChI is InChI=1S/C65H102O27/c1-14-28(3)56(80)88-49-31(6)82-59(47(77)51(49)89-57(81)29(4)15-2)90-48-30(5)22-35-34-16-17-40-62(11)20-19-42(61(9,10)39(62)18-21-63(40,12)64(34,13)23-41(72)65(35,27-69)54(48)83-32(7)70)87-60-53(92-58-45(75)44(74)43(73)38(26-68)86-58)50(46(76)52(91-60)55(78)79)85-33(8)84-37(25-67)36(71)24-66/h14-16,30-31,33,35-54,58-60,66-69,71-77H,17-27H2,1-13H3,(H,78,79)/b28-14-,29-15-/t30-,31?,33?,35?,36?,37+,38?,39?,40?,41-,42+,43+,44?,45?,46+,47?,48-,49+,50?,51?,52?,53?,54+,58+,59+,60-,62+,63-,64-,65+/m1/s1. The summed E-state index contributed by atoms with van der Waals surface area (Å²) in [4.78, 5) is 52.8. The molecule has 7 fully saturated rings. The van der Waals surface area contributed by atoms with Crippen LogP contribution < -0.4 is 0 Å². The number of carbonyl (C=O) groups is 4. The van der Waals surface area contributed by atoms with Crippen LogP contribution in [0.2, 0.25) is 0 Å². The van der Waals surface area contributed by atoms with E-state index in [-0.39, 0.29) is 29.4 Å². The zero-order valence-electron chi connectivity index (χ0n) is 55.0. The van der Waals surface area contributed by atoms with E-state index in [1.807, 2.05) is 20.8 Å². The minimum absolute atomic E-state index is 0.0281. The van der Waals surface area contributed by atoms with E-state index in [2.05, 4.69) is 26.8 Å². The Labute approximate surface area is 536 Å². The van der Waals surface area contributed by atoms with Gasteiger partial charge < -0.3 is 113 Å². The molecule has 3 saturated heterocycles. The molecule has 3 heterocycles. The molecule has 0 radical (unpaired) electrons. The van der Waals surface area contributed by atoms with E-state index in [0.717, 1.165) is 5.57 Å². The first-order valence-electron chi connectivity index (χ1n) is 32.3. The van der Waals surface area contributed by atoms with E-state index in [1.165, 1.54) is 26.8 Å². The van der Waals surface area contributed by atoms with Gasteiger partial charge in [0.25, 0.3) is 0 Å². The number of aliphatic hydroxyl groups is 11. The fourth-order valence-corrected chi connectivity index (χ4v) is 17.5. The van der Waals surface area contributed by atoms with Crippen LogP contribution in [0.4, 0.5) is 0 Å². The molecule has 5 aliphatic carbocycles. The van der Waals surface area contributed by atoms with Gasteiger partial charge >= 0.3 is 23.9 Å². The van der Waals surface area contributed by atoms with Gasteiger partial charge in [-0.1, -0.05) is 65.3 Å². The molecule has 524 valence electrons. The van der Waals surface area contributed by atoms with Crippen molar-refractivity contribution in [1.29, 1.82) is 0 Å². The van der Waals surface area contributed by atoms with Crippen molar-refractivity contribution in [2.45, 2.75) is 270 Å². The quantitative estimate of drug-likeness (QED) is 0.0190. The molecule has 0 amide bonds. The first-order chi connectivity index (χ1) is 43.1. The minimum atomic E-state index is -2.07. The Hall–Kier alpha value is -3.66. The Morgan fingerprint density at radius 1 is 0.696 bits per heavy atom. The highest BCUT2D eigenvalue weighted by Gasteiger charge is 2.73. The molecule has 0 aromatic rings. The van der Waals surface area contributed by atoms with Crippen LogP contribution in [0, 0.1) is 50.7 Å². The topological polar surface area (TPSA) is 413 Å². The molecule has 30 atom stereocenters. The summed E-state index contributed by atoms with van der Waals surface area (Å²) in [6.07, 6.45) is -25.9. The second-order valence-corrected chi connectivity index (χ2v) is 28.4. The molecule has 4 saturated carbocycles. The second-order valence-electron chi connectivity index (χ2n) is 28.4. The van der Waals surface area contributed by atoms with Crippen LogP contribution in [-0.4, -0.2) is 247 Å². The highest BCUT2D eigenvalue weighted by Crippen LogP contribution is 2.76. The number of hydrogen-bond acceptors (Lipinski definition) is 26. The van der Waals surface area contributed by atoms with Crippen molar-refractivity contribution in [3.05, 3.63) is 34.9 Å². The molecule has 27 heteroatoms. The SMILES string of the molecule is C/C=C(/C)C(=O)OC1C(O)[C@H](O[C@@H]2[C@H](C)CC3C4=CCC5[C@@]6(C)CC[C@H](O[C@@H]7OC(C(=O)O)[C@@H](O)C(OC(C)O[C@@H](CO)C(O)CO)C7O[C@@H]7OC(CO)[C@H](O)C(O)C7O)C(C)(C)C6CC[C@@]5(C)[C@]4(C)C[C@@H](O)[C@@]3(CO)[C@H]2OC(C)=O)OC(C)[C@@H]1OC(=O)/C(C)=C\C. The molecular formula is C65H102O27. The highest BCUT2D eigenvalue weighted by molar-refractivity contribution is 5.88. The molecule has 92 heavy (non-hydrogen) atoms. The molecule has 0 spiro atoms. The summed E-state index contributed by atoms with van der Waals surface area (Å²) in [5, 5.41) is 132. The third-order valence-electron chi connectivity index (χ3n) is 23.0. The number of rotatable bonds is 21. The summed E-state index contributed by atoms with van der Waals surface area (Å²) in [5.74, 6) is -5.03. The number of fused-ring (bicyclic) bond motifs is 7. The van der Waals surface area contributed by atoms with Crippen molar-refractivity contribution >= 4 is 23.9 Å². The molecule has 12 N–H and O–H groups in total. The molecule has 0 aromatic carbocycles. The first kappa shape index (κ1) is 74.1. The molecule has 0 bridgehead atoms. The average molecular weight is 1320 g/mol. The van der Waals surface area contributed by atoms with E-state index >= 15 is 0 Å². The van der Waals surface area contributed by atoms with Gasteiger partial charge in [0.1, 0.15) is 73.2 Å². The van der Waals surface area contributed by atoms with Crippen molar-refractivity contribution in [2.75, 3.05) is 26.4 Å². The summed E-state index contributed by atoms with van der Waals surface area (Å²) >= 11 is 0. The average Bonchev–Trinajstić information content (AvgIpc) is 0.672. The number of carbonyl (C=O) groups excluding carboxylic acids is 3. The van der Waals surface area contributed by atoms with Crippen LogP contribution in [0.25, 0.3) is 0 Å². The van der Waals surface area contributed by atoms with Crippen LogP contribution in [0.15, 0.2) is 34.9 Å². The summed E-state index contributed by atoms with van der Waals surface area (Å²) in [6.45, 7) is 20.1. The molecule has 14 unspecified atom stereocenters. The van der Waals surface area contributed by atoms with E-state index in [1.54, 1.807) is 33.8 Å². The predicted molar refractivity (Wildman–Crippen MR) is 318 cm³/mol. The van der Waals surface area contributed by atoms with Gasteiger partial charge in [0.05, 0.1) is 50.2 Å². The predicted octanol–water partition coefficient (Wildman–Crippen LogP) is 0.962. The normalized spacial score (nSPS) is 45.6. The summed E-state index contributed by atoms with van der Waals surface area (Å²) in [5.41, 5.74) is -2.46. The fourth-order valence-electron chi connectivity index (χ4n) is 17.5. The molecule has 8 rings (SSSR count). The largest absolute Gasteiger partial charge is 0.479 e. The van der Waals surface area contributed by atoms with E-state index in [9.17, 15) is 80.5 Å². The number of aliphatic carboxylic acids is 1. The van der Waals surface area contributed by atoms with E-state index in [4.69, 9.17) is 52.1 Å². The third-order valence-corrected chi connectivity index (χ3v) is 23.0. The minimum Gasteiger partial charge on any atom is -0.479 e. The van der Waals surface area contributed by atoms with Gasteiger partial charge in [0, 0.05) is 18.1 Å². The number of carboxylic acids is 1. The molecular weight excluding hydrogens is 1210 g/mol. The summed E-state index contributed by atoms with van der Waals surface area (Å²) < 4.78 is 67.8. The van der Waals surface area contributed by atoms with Crippen LogP contribution in [0.1, 0.15) is 135 Å². The molecule has 3 aliphatic heterocycles. The number of hydrogen-bond donors (Lipinski definition) is 12. The Kier molecular flexibility index (Phi) is 23.2. The maximum atomic E-state index is 13.4. The summed E-state index contributed by atoms with van der Waals surface area (Å²) in [6, 6.07) is 0. The number of allylic oxidation sites excluding steroid dienone is 4. The van der Waals surface area contributed by atoms with E-state index < -0.39 is 224 Å². The fraction of sp³-hybridized carbons (Fsp3) is 0.846. The van der Waals surface area contributed by atoms with Crippen molar-refractivity contribution in [1.82, 2.24) is 0 Å². The van der Waals surface area contributed by atoms with Gasteiger partial charge in [-0.3, -0.25) is 4.79 Å². The van der Waals surface area contributed by atoms with E-state index in [0.29, 0.717) is 38.5 Å². The Morgan fingerprint density at radius 2 is 1.32 bits per heavy atom. The van der Waals surface area contributed by atoms with Crippen LogP contribution >= 0.6 is 0 Å². The van der Waals surface area contributed by atoms with Gasteiger partial charge in [0.15, 0.2) is 43.5 Å². The van der Waals surface area contributed by atoms with Crippen LogP contribution in [-0.2, 0) is 71.3 Å². The monoisotopic (exact) mass is 1310 g/mol. The molecule has 8 aliphatic rings. The van der Waals surface area contributed by atoms with Crippen molar-refractivity contribution in [3.8, 4) is 0 Å². The smallest absolute Gasteiger partial charge is 0.335 e. The Morgan fingerprint density at radius 3 is 1.89 bits per heavy atom. The lowest BCUT2D eigenvalue weighted by molar-refractivity contribution is -0.386. The van der Waals surface area contributed by atoms with Crippen LogP contribution in [0.3, 0.4) is 0 Å². The van der Waals surface area contributed by atoms with Gasteiger partial charge in [-0.15, -0.1) is 0 Å². The first-order valence-corrected chi connectivity index (χ1v) is 32.3.